The van der Waals surface area contributed by atoms with E-state index < -0.39 is 0 Å². The zero-order valence-corrected chi connectivity index (χ0v) is 15.8. The van der Waals surface area contributed by atoms with Gasteiger partial charge in [-0.05, 0) is 43.8 Å². The quantitative estimate of drug-likeness (QED) is 0.868. The highest BCUT2D eigenvalue weighted by molar-refractivity contribution is 7.13. The molecule has 1 atom stereocenters. The highest BCUT2D eigenvalue weighted by Gasteiger charge is 2.40. The average molecular weight is 371 g/mol. The lowest BCUT2D eigenvalue weighted by Crippen LogP contribution is -2.46. The van der Waals surface area contributed by atoms with Crippen molar-refractivity contribution < 1.29 is 4.79 Å². The van der Waals surface area contributed by atoms with Crippen molar-refractivity contribution in [2.75, 3.05) is 31.9 Å². The Bertz CT molecular complexity index is 746. The molecule has 3 heterocycles. The summed E-state index contributed by atoms with van der Waals surface area (Å²) in [4.78, 5) is 19.4. The van der Waals surface area contributed by atoms with Gasteiger partial charge in [0.25, 0.3) is 0 Å². The van der Waals surface area contributed by atoms with Crippen molar-refractivity contribution in [2.24, 2.45) is 5.92 Å². The van der Waals surface area contributed by atoms with Crippen LogP contribution < -0.4 is 11.1 Å². The predicted molar refractivity (Wildman–Crippen MR) is 105 cm³/mol. The average Bonchev–Trinajstić information content (AvgIpc) is 3.34. The second kappa shape index (κ2) is 7.37. The lowest BCUT2D eigenvalue weighted by Gasteiger charge is -2.41. The van der Waals surface area contributed by atoms with Crippen LogP contribution in [0.5, 0.6) is 0 Å². The Morgan fingerprint density at radius 3 is 2.69 bits per heavy atom. The number of piperidine rings is 1. The number of aromatic nitrogens is 1. The number of benzene rings is 1. The van der Waals surface area contributed by atoms with Crippen LogP contribution in [0, 0.1) is 5.92 Å². The highest BCUT2D eigenvalue weighted by Crippen LogP contribution is 2.42. The van der Waals surface area contributed by atoms with Crippen molar-refractivity contribution in [1.29, 1.82) is 0 Å². The maximum Gasteiger partial charge on any atom is 0.222 e. The van der Waals surface area contributed by atoms with Gasteiger partial charge in [0.2, 0.25) is 5.91 Å². The zero-order valence-electron chi connectivity index (χ0n) is 15.0. The Morgan fingerprint density at radius 2 is 2.08 bits per heavy atom. The molecule has 1 aromatic heterocycles. The van der Waals surface area contributed by atoms with E-state index in [4.69, 9.17) is 5.73 Å². The molecule has 3 N–H and O–H groups in total. The van der Waals surface area contributed by atoms with Crippen LogP contribution in [0.25, 0.3) is 0 Å². The van der Waals surface area contributed by atoms with Gasteiger partial charge in [-0.1, -0.05) is 30.3 Å². The maximum atomic E-state index is 12.7. The van der Waals surface area contributed by atoms with Crippen molar-refractivity contribution in [1.82, 2.24) is 15.2 Å². The number of thiazole rings is 1. The molecule has 0 spiro atoms. The number of nitrogens with two attached hydrogens (primary N) is 1. The number of amides is 1. The number of hydrogen-bond donors (Lipinski definition) is 2. The van der Waals surface area contributed by atoms with Gasteiger partial charge in [-0.3, -0.25) is 4.79 Å². The minimum atomic E-state index is -0.138. The molecule has 5 nitrogen and oxygen atoms in total. The number of nitrogen functional groups attached to an aromatic ring is 1. The fourth-order valence-electron chi connectivity index (χ4n) is 4.36. The van der Waals surface area contributed by atoms with Crippen LogP contribution in [-0.2, 0) is 10.2 Å². The maximum absolute atomic E-state index is 12.7. The van der Waals surface area contributed by atoms with Crippen LogP contribution in [0.1, 0.15) is 36.9 Å². The summed E-state index contributed by atoms with van der Waals surface area (Å²) in [7, 11) is 0. The summed E-state index contributed by atoms with van der Waals surface area (Å²) >= 11 is 1.50. The van der Waals surface area contributed by atoms with Crippen LogP contribution in [0.4, 0.5) is 5.13 Å². The lowest BCUT2D eigenvalue weighted by molar-refractivity contribution is -0.133. The van der Waals surface area contributed by atoms with Crippen LogP contribution >= 0.6 is 11.3 Å². The van der Waals surface area contributed by atoms with Gasteiger partial charge >= 0.3 is 0 Å². The van der Waals surface area contributed by atoms with Crippen LogP contribution in [0.2, 0.25) is 0 Å². The summed E-state index contributed by atoms with van der Waals surface area (Å²) in [5.74, 6) is 0.805. The molecule has 1 aromatic carbocycles. The van der Waals surface area contributed by atoms with Gasteiger partial charge in [0.1, 0.15) is 0 Å². The number of hydrogen-bond acceptors (Lipinski definition) is 5. The summed E-state index contributed by atoms with van der Waals surface area (Å²) in [6.07, 6.45) is 3.59. The van der Waals surface area contributed by atoms with E-state index >= 15 is 0 Å². The third kappa shape index (κ3) is 3.35. The molecule has 4 rings (SSSR count). The molecule has 6 heteroatoms. The molecule has 2 fully saturated rings. The number of carbonyl (C=O) groups excluding carboxylic acids is 1. The van der Waals surface area contributed by atoms with E-state index in [1.807, 2.05) is 6.07 Å². The van der Waals surface area contributed by atoms with Crippen LogP contribution in [-0.4, -0.2) is 42.0 Å². The van der Waals surface area contributed by atoms with Crippen LogP contribution in [0.3, 0.4) is 0 Å². The van der Waals surface area contributed by atoms with E-state index in [9.17, 15) is 4.79 Å². The molecule has 0 aliphatic carbocycles. The summed E-state index contributed by atoms with van der Waals surface area (Å²) in [5, 5.41) is 6.05. The molecule has 0 saturated carbocycles. The van der Waals surface area contributed by atoms with E-state index in [1.54, 1.807) is 0 Å². The van der Waals surface area contributed by atoms with Crippen molar-refractivity contribution in [3.63, 3.8) is 0 Å². The first-order chi connectivity index (χ1) is 12.7. The minimum absolute atomic E-state index is 0.138. The number of anilines is 1. The van der Waals surface area contributed by atoms with Gasteiger partial charge in [-0.2, -0.15) is 0 Å². The van der Waals surface area contributed by atoms with E-state index in [0.29, 0.717) is 23.4 Å². The Hall–Kier alpha value is -1.92. The van der Waals surface area contributed by atoms with E-state index in [2.05, 4.69) is 44.8 Å². The number of nitrogens with zero attached hydrogens (tertiary/aromatic N) is 2. The first kappa shape index (κ1) is 17.5. The molecular weight excluding hydrogens is 344 g/mol. The summed E-state index contributed by atoms with van der Waals surface area (Å²) in [6.45, 7) is 3.59. The molecule has 2 aromatic rings. The number of carbonyl (C=O) groups is 1. The Kier molecular flexibility index (Phi) is 4.96. The highest BCUT2D eigenvalue weighted by atomic mass is 32.1. The smallest absolute Gasteiger partial charge is 0.222 e. The van der Waals surface area contributed by atoms with E-state index in [1.165, 1.54) is 16.9 Å². The van der Waals surface area contributed by atoms with E-state index in [-0.39, 0.29) is 5.41 Å². The Morgan fingerprint density at radius 1 is 1.31 bits per heavy atom. The standard InChI is InChI=1S/C20H26N4OS/c21-19-23-17(14-26-19)20(16-4-2-1-3-5-16)7-10-24(11-8-20)18(25)12-15-6-9-22-13-15/h1-5,14-15,22H,6-13H2,(H2,21,23). The number of nitrogens with one attached hydrogen (secondary N) is 1. The molecule has 2 aliphatic heterocycles. The lowest BCUT2D eigenvalue weighted by atomic mass is 9.70. The minimum Gasteiger partial charge on any atom is -0.375 e. The van der Waals surface area contributed by atoms with Gasteiger partial charge in [-0.25, -0.2) is 4.98 Å². The molecule has 0 bridgehead atoms. The molecular formula is C20H26N4OS. The fraction of sp³-hybridized carbons (Fsp3) is 0.500. The van der Waals surface area contributed by atoms with Gasteiger partial charge in [0, 0.05) is 30.3 Å². The van der Waals surface area contributed by atoms with Gasteiger partial charge < -0.3 is 16.0 Å². The largest absolute Gasteiger partial charge is 0.375 e. The Balaban J connectivity index is 1.52. The van der Waals surface area contributed by atoms with Crippen LogP contribution in [0.15, 0.2) is 35.7 Å². The van der Waals surface area contributed by atoms with Crippen molar-refractivity contribution in [3.05, 3.63) is 47.0 Å². The SMILES string of the molecule is Nc1nc(C2(c3ccccc3)CCN(C(=O)CC3CCNC3)CC2)cs1. The number of rotatable bonds is 4. The zero-order chi connectivity index (χ0) is 18.0. The fourth-order valence-corrected chi connectivity index (χ4v) is 5.02. The number of likely N-dealkylation sites (tertiary alicyclic amines) is 1. The topological polar surface area (TPSA) is 71.2 Å². The van der Waals surface area contributed by atoms with E-state index in [0.717, 1.165) is 51.1 Å². The third-order valence-electron chi connectivity index (χ3n) is 5.93. The monoisotopic (exact) mass is 370 g/mol. The molecule has 0 radical (unpaired) electrons. The Labute approximate surface area is 158 Å². The molecule has 1 unspecified atom stereocenters. The second-order valence-electron chi connectivity index (χ2n) is 7.46. The second-order valence-corrected chi connectivity index (χ2v) is 8.35. The molecule has 2 saturated heterocycles. The first-order valence-electron chi connectivity index (χ1n) is 9.43. The summed E-state index contributed by atoms with van der Waals surface area (Å²) in [5.41, 5.74) is 8.12. The third-order valence-corrected chi connectivity index (χ3v) is 6.61. The van der Waals surface area contributed by atoms with Crippen molar-refractivity contribution in [3.8, 4) is 0 Å². The molecule has 1 amide bonds. The summed E-state index contributed by atoms with van der Waals surface area (Å²) in [6, 6.07) is 10.6. The van der Waals surface area contributed by atoms with Gasteiger partial charge in [0.05, 0.1) is 5.69 Å². The molecule has 138 valence electrons. The van der Waals surface area contributed by atoms with Crippen molar-refractivity contribution in [2.45, 2.75) is 31.1 Å². The normalized spacial score (nSPS) is 22.5. The van der Waals surface area contributed by atoms with Crippen molar-refractivity contribution >= 4 is 22.4 Å². The molecule has 26 heavy (non-hydrogen) atoms. The summed E-state index contributed by atoms with van der Waals surface area (Å²) < 4.78 is 0. The van der Waals surface area contributed by atoms with Gasteiger partial charge in [0.15, 0.2) is 5.13 Å². The molecule has 2 aliphatic rings. The van der Waals surface area contributed by atoms with Gasteiger partial charge in [-0.15, -0.1) is 11.3 Å². The first-order valence-corrected chi connectivity index (χ1v) is 10.3. The predicted octanol–water partition coefficient (Wildman–Crippen LogP) is 2.63.